The average Bonchev–Trinajstić information content (AvgIpc) is 2.95. The van der Waals surface area contributed by atoms with Crippen LogP contribution in [0.5, 0.6) is 0 Å². The number of ether oxygens (including phenoxy) is 2. The molecule has 19 heavy (non-hydrogen) atoms. The standard InChI is InChI=1S/C12H22N4O3/c13-16-15-6-8-19-10-9-18-7-5-14-12(17)11-3-1-2-4-11/h11H,1-10H2,(H,14,17). The van der Waals surface area contributed by atoms with E-state index in [2.05, 4.69) is 15.3 Å². The van der Waals surface area contributed by atoms with E-state index in [4.69, 9.17) is 15.0 Å². The van der Waals surface area contributed by atoms with E-state index in [1.165, 1.54) is 12.8 Å². The maximum absolute atomic E-state index is 11.6. The van der Waals surface area contributed by atoms with E-state index in [9.17, 15) is 4.79 Å². The summed E-state index contributed by atoms with van der Waals surface area (Å²) in [5, 5.41) is 6.23. The normalized spacial score (nSPS) is 15.2. The van der Waals surface area contributed by atoms with E-state index < -0.39 is 0 Å². The number of amides is 1. The highest BCUT2D eigenvalue weighted by Gasteiger charge is 2.21. The SMILES string of the molecule is [N-]=[N+]=NCCOCCOCCNC(=O)C1CCCC1. The number of nitrogens with zero attached hydrogens (tertiary/aromatic N) is 3. The van der Waals surface area contributed by atoms with Crippen molar-refractivity contribution in [2.45, 2.75) is 25.7 Å². The molecule has 0 radical (unpaired) electrons. The van der Waals surface area contributed by atoms with Crippen LogP contribution in [0, 0.1) is 5.92 Å². The fourth-order valence-electron chi connectivity index (χ4n) is 2.05. The van der Waals surface area contributed by atoms with Crippen LogP contribution in [0.25, 0.3) is 10.4 Å². The minimum absolute atomic E-state index is 0.159. The molecule has 108 valence electrons. The predicted molar refractivity (Wildman–Crippen MR) is 70.6 cm³/mol. The molecule has 0 atom stereocenters. The number of hydrogen-bond acceptors (Lipinski definition) is 4. The second-order valence-corrected chi connectivity index (χ2v) is 4.45. The first-order valence-electron chi connectivity index (χ1n) is 6.78. The predicted octanol–water partition coefficient (Wildman–Crippen LogP) is 1.64. The van der Waals surface area contributed by atoms with Gasteiger partial charge in [0.2, 0.25) is 5.91 Å². The van der Waals surface area contributed by atoms with Crippen LogP contribution in [0.4, 0.5) is 0 Å². The van der Waals surface area contributed by atoms with E-state index in [0.29, 0.717) is 39.5 Å². The molecule has 0 saturated heterocycles. The van der Waals surface area contributed by atoms with E-state index in [-0.39, 0.29) is 11.8 Å². The maximum Gasteiger partial charge on any atom is 0.223 e. The van der Waals surface area contributed by atoms with Gasteiger partial charge in [0.05, 0.1) is 26.4 Å². The van der Waals surface area contributed by atoms with E-state index in [1.807, 2.05) is 0 Å². The fourth-order valence-corrected chi connectivity index (χ4v) is 2.05. The Morgan fingerprint density at radius 1 is 1.21 bits per heavy atom. The van der Waals surface area contributed by atoms with Gasteiger partial charge in [0, 0.05) is 23.9 Å². The molecule has 0 aromatic rings. The molecule has 0 aromatic heterocycles. The summed E-state index contributed by atoms with van der Waals surface area (Å²) < 4.78 is 10.5. The van der Waals surface area contributed by atoms with Crippen LogP contribution in [0.15, 0.2) is 5.11 Å². The zero-order valence-corrected chi connectivity index (χ0v) is 11.2. The van der Waals surface area contributed by atoms with E-state index in [1.54, 1.807) is 0 Å². The van der Waals surface area contributed by atoms with Crippen molar-refractivity contribution in [3.63, 3.8) is 0 Å². The molecule has 1 N–H and O–H groups in total. The molecule has 1 aliphatic rings. The second-order valence-electron chi connectivity index (χ2n) is 4.45. The Labute approximate surface area is 113 Å². The first-order valence-corrected chi connectivity index (χ1v) is 6.78. The fraction of sp³-hybridized carbons (Fsp3) is 0.917. The Balaban J connectivity index is 1.83. The monoisotopic (exact) mass is 270 g/mol. The first kappa shape index (κ1) is 15.8. The number of hydrogen-bond donors (Lipinski definition) is 1. The molecular formula is C12H22N4O3. The number of carbonyl (C=O) groups excluding carboxylic acids is 1. The molecule has 0 aliphatic heterocycles. The van der Waals surface area contributed by atoms with Gasteiger partial charge in [-0.2, -0.15) is 0 Å². The molecule has 1 amide bonds. The second kappa shape index (κ2) is 10.6. The lowest BCUT2D eigenvalue weighted by Gasteiger charge is -2.10. The van der Waals surface area contributed by atoms with Crippen molar-refractivity contribution in [3.05, 3.63) is 10.4 Å². The molecule has 0 bridgehead atoms. The molecule has 7 heteroatoms. The van der Waals surface area contributed by atoms with Crippen LogP contribution >= 0.6 is 0 Å². The van der Waals surface area contributed by atoms with Crippen molar-refractivity contribution in [2.75, 3.05) is 39.5 Å². The van der Waals surface area contributed by atoms with Gasteiger partial charge in [-0.3, -0.25) is 4.79 Å². The van der Waals surface area contributed by atoms with Gasteiger partial charge in [-0.05, 0) is 18.4 Å². The third-order valence-corrected chi connectivity index (χ3v) is 3.04. The van der Waals surface area contributed by atoms with Gasteiger partial charge in [0.25, 0.3) is 0 Å². The molecule has 0 heterocycles. The van der Waals surface area contributed by atoms with Crippen LogP contribution in [0.3, 0.4) is 0 Å². The van der Waals surface area contributed by atoms with Gasteiger partial charge in [-0.1, -0.05) is 18.0 Å². The van der Waals surface area contributed by atoms with E-state index >= 15 is 0 Å². The Kier molecular flexibility index (Phi) is 8.80. The molecule has 1 saturated carbocycles. The summed E-state index contributed by atoms with van der Waals surface area (Å²) in [7, 11) is 0. The summed E-state index contributed by atoms with van der Waals surface area (Å²) in [5.74, 6) is 0.371. The molecule has 1 aliphatic carbocycles. The van der Waals surface area contributed by atoms with Gasteiger partial charge in [-0.25, -0.2) is 0 Å². The van der Waals surface area contributed by atoms with Crippen molar-refractivity contribution >= 4 is 5.91 Å². The van der Waals surface area contributed by atoms with Crippen LogP contribution in [-0.2, 0) is 14.3 Å². The molecule has 1 rings (SSSR count). The zero-order valence-electron chi connectivity index (χ0n) is 11.2. The minimum Gasteiger partial charge on any atom is -0.379 e. The molecule has 0 aromatic carbocycles. The summed E-state index contributed by atoms with van der Waals surface area (Å²) >= 11 is 0. The lowest BCUT2D eigenvalue weighted by atomic mass is 10.1. The Morgan fingerprint density at radius 3 is 2.58 bits per heavy atom. The average molecular weight is 270 g/mol. The van der Waals surface area contributed by atoms with Gasteiger partial charge < -0.3 is 14.8 Å². The van der Waals surface area contributed by atoms with Crippen LogP contribution in [0.2, 0.25) is 0 Å². The van der Waals surface area contributed by atoms with Gasteiger partial charge in [0.1, 0.15) is 0 Å². The zero-order chi connectivity index (χ0) is 13.8. The Hall–Kier alpha value is -1.30. The van der Waals surface area contributed by atoms with Crippen LogP contribution < -0.4 is 5.32 Å². The third kappa shape index (κ3) is 7.66. The van der Waals surface area contributed by atoms with Gasteiger partial charge in [0.15, 0.2) is 0 Å². The highest BCUT2D eigenvalue weighted by Crippen LogP contribution is 2.24. The highest BCUT2D eigenvalue weighted by molar-refractivity contribution is 5.78. The Bertz CT molecular complexity index is 299. The molecule has 0 spiro atoms. The van der Waals surface area contributed by atoms with Crippen LogP contribution in [0.1, 0.15) is 25.7 Å². The van der Waals surface area contributed by atoms with Crippen molar-refractivity contribution in [3.8, 4) is 0 Å². The maximum atomic E-state index is 11.6. The molecular weight excluding hydrogens is 248 g/mol. The van der Waals surface area contributed by atoms with Crippen molar-refractivity contribution in [1.29, 1.82) is 0 Å². The lowest BCUT2D eigenvalue weighted by molar-refractivity contribution is -0.125. The van der Waals surface area contributed by atoms with Gasteiger partial charge in [-0.15, -0.1) is 0 Å². The summed E-state index contributed by atoms with van der Waals surface area (Å²) in [6, 6.07) is 0. The number of carbonyl (C=O) groups is 1. The summed E-state index contributed by atoms with van der Waals surface area (Å²) in [6.07, 6.45) is 4.38. The highest BCUT2D eigenvalue weighted by atomic mass is 16.5. The summed E-state index contributed by atoms with van der Waals surface area (Å²) in [5.41, 5.74) is 8.03. The molecule has 0 unspecified atom stereocenters. The number of azide groups is 1. The molecule has 7 nitrogen and oxygen atoms in total. The lowest BCUT2D eigenvalue weighted by Crippen LogP contribution is -2.32. The van der Waals surface area contributed by atoms with Crippen molar-refractivity contribution < 1.29 is 14.3 Å². The molecule has 1 fully saturated rings. The summed E-state index contributed by atoms with van der Waals surface area (Å²) in [6.45, 7) is 2.75. The minimum atomic E-state index is 0.159. The number of nitrogens with one attached hydrogen (secondary N) is 1. The van der Waals surface area contributed by atoms with Gasteiger partial charge >= 0.3 is 0 Å². The summed E-state index contributed by atoms with van der Waals surface area (Å²) in [4.78, 5) is 14.3. The van der Waals surface area contributed by atoms with Crippen LogP contribution in [-0.4, -0.2) is 45.4 Å². The van der Waals surface area contributed by atoms with Crippen molar-refractivity contribution in [1.82, 2.24) is 5.32 Å². The van der Waals surface area contributed by atoms with E-state index in [0.717, 1.165) is 12.8 Å². The van der Waals surface area contributed by atoms with Crippen molar-refractivity contribution in [2.24, 2.45) is 11.0 Å². The largest absolute Gasteiger partial charge is 0.379 e. The smallest absolute Gasteiger partial charge is 0.223 e. The number of rotatable bonds is 10. The quantitative estimate of drug-likeness (QED) is 0.283. The topological polar surface area (TPSA) is 96.3 Å². The first-order chi connectivity index (χ1) is 9.34. The third-order valence-electron chi connectivity index (χ3n) is 3.04. The Morgan fingerprint density at radius 2 is 1.89 bits per heavy atom.